The number of methoxy groups -OCH3 is 1. The van der Waals surface area contributed by atoms with Crippen molar-refractivity contribution in [1.82, 2.24) is 5.32 Å². The Morgan fingerprint density at radius 2 is 2.12 bits per heavy atom. The maximum absolute atomic E-state index is 5.31. The number of benzene rings is 1. The first-order valence-electron chi connectivity index (χ1n) is 5.79. The van der Waals surface area contributed by atoms with Gasteiger partial charge in [-0.2, -0.15) is 12.6 Å². The molecule has 0 aliphatic carbocycles. The molecule has 0 fully saturated rings. The molecule has 0 amide bonds. The first-order valence-corrected chi connectivity index (χ1v) is 6.42. The van der Waals surface area contributed by atoms with Crippen LogP contribution >= 0.6 is 12.6 Å². The highest BCUT2D eigenvalue weighted by Crippen LogP contribution is 2.20. The molecule has 0 aliphatic heterocycles. The van der Waals surface area contributed by atoms with E-state index in [0.29, 0.717) is 0 Å². The second kappa shape index (κ2) is 7.58. The lowest BCUT2D eigenvalue weighted by Crippen LogP contribution is -2.19. The van der Waals surface area contributed by atoms with E-state index in [0.717, 1.165) is 37.4 Å². The standard InChI is InChI=1S/C13H21NOS/c1-3-12-10-11(4-5-13(12)15-2)6-7-14-8-9-16/h4-5,10,14,16H,3,6-9H2,1-2H3. The molecule has 16 heavy (non-hydrogen) atoms. The Balaban J connectivity index is 2.54. The smallest absolute Gasteiger partial charge is 0.122 e. The van der Waals surface area contributed by atoms with Gasteiger partial charge < -0.3 is 10.1 Å². The van der Waals surface area contributed by atoms with Gasteiger partial charge in [-0.15, -0.1) is 0 Å². The SMILES string of the molecule is CCc1cc(CCNCCS)ccc1OC. The highest BCUT2D eigenvalue weighted by atomic mass is 32.1. The van der Waals surface area contributed by atoms with Gasteiger partial charge in [-0.05, 0) is 36.6 Å². The molecule has 1 rings (SSSR count). The lowest BCUT2D eigenvalue weighted by Gasteiger charge is -2.09. The lowest BCUT2D eigenvalue weighted by atomic mass is 10.1. The van der Waals surface area contributed by atoms with Crippen molar-refractivity contribution in [2.75, 3.05) is 26.0 Å². The van der Waals surface area contributed by atoms with Crippen LogP contribution in [0.15, 0.2) is 18.2 Å². The Labute approximate surface area is 104 Å². The van der Waals surface area contributed by atoms with E-state index < -0.39 is 0 Å². The van der Waals surface area contributed by atoms with Gasteiger partial charge in [0.15, 0.2) is 0 Å². The van der Waals surface area contributed by atoms with Crippen LogP contribution in [-0.2, 0) is 12.8 Å². The summed E-state index contributed by atoms with van der Waals surface area (Å²) in [6.45, 7) is 4.14. The molecule has 0 unspecified atom stereocenters. The highest BCUT2D eigenvalue weighted by Gasteiger charge is 2.02. The summed E-state index contributed by atoms with van der Waals surface area (Å²) in [6, 6.07) is 6.44. The average Bonchev–Trinajstić information content (AvgIpc) is 2.34. The minimum Gasteiger partial charge on any atom is -0.496 e. The van der Waals surface area contributed by atoms with Crippen molar-refractivity contribution >= 4 is 12.6 Å². The topological polar surface area (TPSA) is 21.3 Å². The second-order valence-electron chi connectivity index (χ2n) is 3.72. The van der Waals surface area contributed by atoms with Crippen LogP contribution in [0.3, 0.4) is 0 Å². The van der Waals surface area contributed by atoms with Gasteiger partial charge in [0, 0.05) is 12.3 Å². The van der Waals surface area contributed by atoms with Gasteiger partial charge in [-0.1, -0.05) is 19.1 Å². The number of rotatable bonds is 7. The predicted molar refractivity (Wildman–Crippen MR) is 72.8 cm³/mol. The lowest BCUT2D eigenvalue weighted by molar-refractivity contribution is 0.410. The fourth-order valence-electron chi connectivity index (χ4n) is 1.70. The molecule has 0 spiro atoms. The summed E-state index contributed by atoms with van der Waals surface area (Å²) in [7, 11) is 1.72. The monoisotopic (exact) mass is 239 g/mol. The van der Waals surface area contributed by atoms with E-state index in [4.69, 9.17) is 4.74 Å². The summed E-state index contributed by atoms with van der Waals surface area (Å²) < 4.78 is 5.31. The van der Waals surface area contributed by atoms with Crippen LogP contribution < -0.4 is 10.1 Å². The average molecular weight is 239 g/mol. The molecule has 1 aromatic rings. The number of nitrogens with one attached hydrogen (secondary N) is 1. The molecule has 0 atom stereocenters. The quantitative estimate of drug-likeness (QED) is 0.563. The second-order valence-corrected chi connectivity index (χ2v) is 4.17. The van der Waals surface area contributed by atoms with Crippen molar-refractivity contribution in [3.8, 4) is 5.75 Å². The maximum Gasteiger partial charge on any atom is 0.122 e. The minimum atomic E-state index is 0.892. The van der Waals surface area contributed by atoms with Crippen molar-refractivity contribution in [3.63, 3.8) is 0 Å². The van der Waals surface area contributed by atoms with Gasteiger partial charge in [-0.25, -0.2) is 0 Å². The molecule has 0 aliphatic rings. The molecule has 0 saturated carbocycles. The van der Waals surface area contributed by atoms with Gasteiger partial charge >= 0.3 is 0 Å². The van der Waals surface area contributed by atoms with Gasteiger partial charge in [0.2, 0.25) is 0 Å². The third kappa shape index (κ3) is 4.06. The molecule has 90 valence electrons. The fourth-order valence-corrected chi connectivity index (χ4v) is 1.86. The van der Waals surface area contributed by atoms with Gasteiger partial charge in [0.1, 0.15) is 5.75 Å². The zero-order valence-electron chi connectivity index (χ0n) is 10.1. The van der Waals surface area contributed by atoms with E-state index >= 15 is 0 Å². The molecule has 1 aromatic carbocycles. The van der Waals surface area contributed by atoms with Crippen molar-refractivity contribution in [1.29, 1.82) is 0 Å². The Morgan fingerprint density at radius 3 is 2.75 bits per heavy atom. The van der Waals surface area contributed by atoms with Crippen LogP contribution in [0.2, 0.25) is 0 Å². The molecule has 0 aromatic heterocycles. The highest BCUT2D eigenvalue weighted by molar-refractivity contribution is 7.80. The molecule has 1 N–H and O–H groups in total. The van der Waals surface area contributed by atoms with E-state index in [1.165, 1.54) is 11.1 Å². The van der Waals surface area contributed by atoms with Crippen molar-refractivity contribution in [2.45, 2.75) is 19.8 Å². The van der Waals surface area contributed by atoms with Gasteiger partial charge in [-0.3, -0.25) is 0 Å². The molecule has 0 bridgehead atoms. The summed E-state index contributed by atoms with van der Waals surface area (Å²) in [6.07, 6.45) is 2.08. The largest absolute Gasteiger partial charge is 0.496 e. The molecule has 2 nitrogen and oxygen atoms in total. The normalized spacial score (nSPS) is 10.4. The van der Waals surface area contributed by atoms with Crippen LogP contribution in [-0.4, -0.2) is 26.0 Å². The third-order valence-corrected chi connectivity index (χ3v) is 2.83. The Hall–Kier alpha value is -0.670. The summed E-state index contributed by atoms with van der Waals surface area (Å²) in [5.74, 6) is 1.89. The van der Waals surface area contributed by atoms with Crippen molar-refractivity contribution in [3.05, 3.63) is 29.3 Å². The number of thiol groups is 1. The first kappa shape index (κ1) is 13.4. The third-order valence-electron chi connectivity index (χ3n) is 2.60. The zero-order chi connectivity index (χ0) is 11.8. The van der Waals surface area contributed by atoms with E-state index in [1.54, 1.807) is 7.11 Å². The van der Waals surface area contributed by atoms with Crippen LogP contribution in [0.5, 0.6) is 5.75 Å². The van der Waals surface area contributed by atoms with Crippen LogP contribution in [0, 0.1) is 0 Å². The molecular weight excluding hydrogens is 218 g/mol. The number of hydrogen-bond acceptors (Lipinski definition) is 3. The van der Waals surface area contributed by atoms with Gasteiger partial charge in [0.25, 0.3) is 0 Å². The number of aryl methyl sites for hydroxylation is 1. The van der Waals surface area contributed by atoms with E-state index in [1.807, 2.05) is 0 Å². The zero-order valence-corrected chi connectivity index (χ0v) is 11.0. The van der Waals surface area contributed by atoms with Crippen LogP contribution in [0.1, 0.15) is 18.1 Å². The summed E-state index contributed by atoms with van der Waals surface area (Å²) in [4.78, 5) is 0. The molecule has 0 radical (unpaired) electrons. The summed E-state index contributed by atoms with van der Waals surface area (Å²) in [5, 5.41) is 3.34. The fraction of sp³-hybridized carbons (Fsp3) is 0.538. The number of hydrogen-bond donors (Lipinski definition) is 2. The summed E-state index contributed by atoms with van der Waals surface area (Å²) >= 11 is 4.16. The molecule has 0 saturated heterocycles. The van der Waals surface area contributed by atoms with Crippen molar-refractivity contribution in [2.24, 2.45) is 0 Å². The minimum absolute atomic E-state index is 0.892. The Kier molecular flexibility index (Phi) is 6.34. The van der Waals surface area contributed by atoms with Gasteiger partial charge in [0.05, 0.1) is 7.11 Å². The van der Waals surface area contributed by atoms with Crippen molar-refractivity contribution < 1.29 is 4.74 Å². The van der Waals surface area contributed by atoms with E-state index in [2.05, 4.69) is 43.1 Å². The molecule has 3 heteroatoms. The maximum atomic E-state index is 5.31. The van der Waals surface area contributed by atoms with Crippen LogP contribution in [0.25, 0.3) is 0 Å². The molecule has 0 heterocycles. The molecular formula is C13H21NOS. The first-order chi connectivity index (χ1) is 7.81. The predicted octanol–water partition coefficient (Wildman–Crippen LogP) is 2.32. The Bertz CT molecular complexity index is 315. The van der Waals surface area contributed by atoms with E-state index in [9.17, 15) is 0 Å². The van der Waals surface area contributed by atoms with E-state index in [-0.39, 0.29) is 0 Å². The Morgan fingerprint density at radius 1 is 1.31 bits per heavy atom. The summed E-state index contributed by atoms with van der Waals surface area (Å²) in [5.41, 5.74) is 2.65. The van der Waals surface area contributed by atoms with Crippen LogP contribution in [0.4, 0.5) is 0 Å². The number of ether oxygens (including phenoxy) is 1.